The molecule has 1 heterocycles. The van der Waals surface area contributed by atoms with Crippen LogP contribution < -0.4 is 5.32 Å². The topological polar surface area (TPSA) is 69.7 Å². The van der Waals surface area contributed by atoms with Gasteiger partial charge in [-0.15, -0.1) is 0 Å². The van der Waals surface area contributed by atoms with Gasteiger partial charge in [-0.3, -0.25) is 4.79 Å². The van der Waals surface area contributed by atoms with Gasteiger partial charge < -0.3 is 10.2 Å². The van der Waals surface area contributed by atoms with Crippen LogP contribution in [0.2, 0.25) is 0 Å². The molecule has 0 aromatic carbocycles. The van der Waals surface area contributed by atoms with Crippen LogP contribution in [0.1, 0.15) is 52.4 Å². The summed E-state index contributed by atoms with van der Waals surface area (Å²) in [5, 5.41) is 2.98. The Labute approximate surface area is 148 Å². The van der Waals surface area contributed by atoms with Gasteiger partial charge in [0.05, 0.1) is 11.7 Å². The van der Waals surface area contributed by atoms with Gasteiger partial charge in [-0.2, -0.15) is 0 Å². The first-order chi connectivity index (χ1) is 11.4. The smallest absolute Gasteiger partial charge is 0.224 e. The number of hydrogen-bond acceptors (Lipinski definition) is 4. The third-order valence-corrected chi connectivity index (χ3v) is 6.56. The number of amides is 1. The van der Waals surface area contributed by atoms with E-state index in [1.165, 1.54) is 17.1 Å². The van der Waals surface area contributed by atoms with Gasteiger partial charge in [-0.05, 0) is 52.2 Å². The van der Waals surface area contributed by atoms with Gasteiger partial charge in [-0.1, -0.05) is 20.3 Å². The number of nitrogens with one attached hydrogen (secondary N) is 1. The van der Waals surface area contributed by atoms with Crippen LogP contribution in [0.5, 0.6) is 0 Å². The van der Waals surface area contributed by atoms with Gasteiger partial charge in [-0.25, -0.2) is 12.7 Å². The van der Waals surface area contributed by atoms with E-state index in [0.29, 0.717) is 26.1 Å². The van der Waals surface area contributed by atoms with Gasteiger partial charge >= 0.3 is 0 Å². The second kappa shape index (κ2) is 11.1. The van der Waals surface area contributed by atoms with Crippen LogP contribution >= 0.6 is 0 Å². The van der Waals surface area contributed by atoms with Crippen molar-refractivity contribution in [3.8, 4) is 0 Å². The molecule has 0 bridgehead atoms. The third-order valence-electron chi connectivity index (χ3n) is 4.52. The maximum Gasteiger partial charge on any atom is 0.224 e. The summed E-state index contributed by atoms with van der Waals surface area (Å²) in [5.74, 6) is -0.0309. The molecule has 0 radical (unpaired) electrons. The number of carbonyl (C=O) groups is 1. The highest BCUT2D eigenvalue weighted by molar-refractivity contribution is 7.89. The van der Waals surface area contributed by atoms with Crippen molar-refractivity contribution >= 4 is 15.9 Å². The van der Waals surface area contributed by atoms with Gasteiger partial charge in [0.15, 0.2) is 0 Å². The van der Waals surface area contributed by atoms with Crippen molar-refractivity contribution in [3.05, 3.63) is 0 Å². The molecule has 0 spiro atoms. The lowest BCUT2D eigenvalue weighted by Gasteiger charge is -2.31. The molecule has 1 amide bonds. The fraction of sp³-hybridized carbons (Fsp3) is 0.941. The number of sulfonamides is 1. The molecule has 1 unspecified atom stereocenters. The van der Waals surface area contributed by atoms with Gasteiger partial charge in [0.1, 0.15) is 0 Å². The summed E-state index contributed by atoms with van der Waals surface area (Å²) in [5.41, 5.74) is 0. The molecule has 7 heteroatoms. The number of hydrogen-bond donors (Lipinski definition) is 1. The van der Waals surface area contributed by atoms with Crippen molar-refractivity contribution in [3.63, 3.8) is 0 Å². The van der Waals surface area contributed by atoms with Crippen LogP contribution in [0.15, 0.2) is 0 Å². The molecule has 24 heavy (non-hydrogen) atoms. The Morgan fingerprint density at radius 2 is 1.92 bits per heavy atom. The fourth-order valence-electron chi connectivity index (χ4n) is 3.04. The van der Waals surface area contributed by atoms with Gasteiger partial charge in [0.2, 0.25) is 15.9 Å². The predicted molar refractivity (Wildman–Crippen MR) is 98.4 cm³/mol. The second-order valence-corrected chi connectivity index (χ2v) is 8.90. The van der Waals surface area contributed by atoms with E-state index in [2.05, 4.69) is 24.2 Å². The molecule has 0 saturated carbocycles. The molecule has 0 aliphatic carbocycles. The summed E-state index contributed by atoms with van der Waals surface area (Å²) in [4.78, 5) is 14.6. The summed E-state index contributed by atoms with van der Waals surface area (Å²) < 4.78 is 25.8. The molecule has 6 nitrogen and oxygen atoms in total. The van der Waals surface area contributed by atoms with Crippen molar-refractivity contribution in [1.29, 1.82) is 0 Å². The Morgan fingerprint density at radius 1 is 1.21 bits per heavy atom. The van der Waals surface area contributed by atoms with E-state index in [1.807, 2.05) is 6.92 Å². The minimum absolute atomic E-state index is 0.00242. The molecule has 1 atom stereocenters. The Hall–Kier alpha value is -0.660. The van der Waals surface area contributed by atoms with Gasteiger partial charge in [0, 0.05) is 19.6 Å². The summed E-state index contributed by atoms with van der Waals surface area (Å²) in [6.07, 6.45) is 5.48. The number of unbranched alkanes of at least 4 members (excludes halogenated alkanes) is 1. The second-order valence-electron chi connectivity index (χ2n) is 6.81. The van der Waals surface area contributed by atoms with Crippen LogP contribution in [0.4, 0.5) is 0 Å². The van der Waals surface area contributed by atoms with Crippen LogP contribution in [-0.2, 0) is 14.8 Å². The van der Waals surface area contributed by atoms with E-state index < -0.39 is 10.0 Å². The standard InChI is InChI=1S/C17H35N3O3S/c1-4-6-11-19(3)12-8-10-18-17(21)16-9-7-13-20(15-16)24(22,23)14-5-2/h16H,4-15H2,1-3H3,(H,18,21). The first kappa shape index (κ1) is 21.4. The average molecular weight is 362 g/mol. The monoisotopic (exact) mass is 361 g/mol. The first-order valence-electron chi connectivity index (χ1n) is 9.34. The lowest BCUT2D eigenvalue weighted by atomic mass is 9.99. The molecule has 0 aromatic rings. The largest absolute Gasteiger partial charge is 0.356 e. The summed E-state index contributed by atoms with van der Waals surface area (Å²) >= 11 is 0. The Kier molecular flexibility index (Phi) is 9.85. The Balaban J connectivity index is 2.32. The molecule has 1 aliphatic rings. The molecule has 142 valence electrons. The number of piperidine rings is 1. The van der Waals surface area contributed by atoms with Crippen molar-refractivity contribution < 1.29 is 13.2 Å². The van der Waals surface area contributed by atoms with Crippen LogP contribution in [0.25, 0.3) is 0 Å². The molecule has 1 saturated heterocycles. The molecule has 1 fully saturated rings. The van der Waals surface area contributed by atoms with Crippen molar-refractivity contribution in [1.82, 2.24) is 14.5 Å². The summed E-state index contributed by atoms with van der Waals surface area (Å²) in [6.45, 7) is 7.66. The highest BCUT2D eigenvalue weighted by atomic mass is 32.2. The van der Waals surface area contributed by atoms with E-state index in [1.54, 1.807) is 0 Å². The van der Waals surface area contributed by atoms with Crippen LogP contribution in [-0.4, -0.2) is 69.1 Å². The molecule has 1 aliphatic heterocycles. The minimum atomic E-state index is -3.20. The van der Waals surface area contributed by atoms with E-state index in [0.717, 1.165) is 32.4 Å². The maximum atomic E-state index is 12.3. The van der Waals surface area contributed by atoms with Crippen molar-refractivity contribution in [2.24, 2.45) is 5.92 Å². The Morgan fingerprint density at radius 3 is 2.58 bits per heavy atom. The normalized spacial score (nSPS) is 19.6. The first-order valence-corrected chi connectivity index (χ1v) is 11.0. The highest BCUT2D eigenvalue weighted by Crippen LogP contribution is 2.20. The fourth-order valence-corrected chi connectivity index (χ4v) is 4.63. The lowest BCUT2D eigenvalue weighted by Crippen LogP contribution is -2.46. The number of rotatable bonds is 11. The zero-order chi connectivity index (χ0) is 18.0. The molecule has 1 N–H and O–H groups in total. The lowest BCUT2D eigenvalue weighted by molar-refractivity contribution is -0.126. The zero-order valence-electron chi connectivity index (χ0n) is 15.6. The van der Waals surface area contributed by atoms with Crippen molar-refractivity contribution in [2.75, 3.05) is 45.5 Å². The van der Waals surface area contributed by atoms with Crippen LogP contribution in [0, 0.1) is 5.92 Å². The number of carbonyl (C=O) groups excluding carboxylic acids is 1. The third kappa shape index (κ3) is 7.49. The van der Waals surface area contributed by atoms with Gasteiger partial charge in [0.25, 0.3) is 0 Å². The predicted octanol–water partition coefficient (Wildman–Crippen LogP) is 1.68. The number of nitrogens with zero attached hydrogens (tertiary/aromatic N) is 2. The zero-order valence-corrected chi connectivity index (χ0v) is 16.4. The van der Waals surface area contributed by atoms with Crippen LogP contribution in [0.3, 0.4) is 0 Å². The van der Waals surface area contributed by atoms with E-state index in [-0.39, 0.29) is 17.6 Å². The quantitative estimate of drug-likeness (QED) is 0.569. The van der Waals surface area contributed by atoms with Crippen molar-refractivity contribution in [2.45, 2.75) is 52.4 Å². The molecule has 1 rings (SSSR count). The molecular weight excluding hydrogens is 326 g/mol. The SMILES string of the molecule is CCCCN(C)CCCNC(=O)C1CCCN(S(=O)(=O)CCC)C1. The average Bonchev–Trinajstić information content (AvgIpc) is 2.56. The molecular formula is C17H35N3O3S. The Bertz CT molecular complexity index is 468. The van der Waals surface area contributed by atoms with E-state index in [9.17, 15) is 13.2 Å². The highest BCUT2D eigenvalue weighted by Gasteiger charge is 2.31. The summed E-state index contributed by atoms with van der Waals surface area (Å²) in [6, 6.07) is 0. The molecule has 0 aromatic heterocycles. The maximum absolute atomic E-state index is 12.3. The van der Waals surface area contributed by atoms with E-state index in [4.69, 9.17) is 0 Å². The van der Waals surface area contributed by atoms with E-state index >= 15 is 0 Å². The summed E-state index contributed by atoms with van der Waals surface area (Å²) in [7, 11) is -1.09. The minimum Gasteiger partial charge on any atom is -0.356 e.